The molecule has 0 bridgehead atoms. The Bertz CT molecular complexity index is 375. The van der Waals surface area contributed by atoms with Crippen molar-refractivity contribution in [2.75, 3.05) is 0 Å². The average Bonchev–Trinajstić information content (AvgIpc) is 2.23. The van der Waals surface area contributed by atoms with Crippen LogP contribution in [0.2, 0.25) is 0 Å². The predicted octanol–water partition coefficient (Wildman–Crippen LogP) is 2.59. The molecular weight excluding hydrogens is 312 g/mol. The lowest BCUT2D eigenvalue weighted by atomic mass is 9.89. The first kappa shape index (κ1) is 10.1. The number of carbonyl (C=O) groups is 2. The summed E-state index contributed by atoms with van der Waals surface area (Å²) in [6.45, 7) is 0. The summed E-state index contributed by atoms with van der Waals surface area (Å²) in [6, 6.07) is 6.89. The summed E-state index contributed by atoms with van der Waals surface area (Å²) in [5.74, 6) is -0.0795. The Labute approximate surface area is 97.9 Å². The number of halogens is 2. The second kappa shape index (κ2) is 3.59. The molecule has 2 atom stereocenters. The Morgan fingerprint density at radius 3 is 1.57 bits per heavy atom. The van der Waals surface area contributed by atoms with E-state index < -0.39 is 9.65 Å². The van der Waals surface area contributed by atoms with Gasteiger partial charge in [0, 0.05) is 11.1 Å². The van der Waals surface area contributed by atoms with E-state index in [0.717, 1.165) is 0 Å². The molecule has 0 saturated carbocycles. The van der Waals surface area contributed by atoms with E-state index in [1.807, 2.05) is 0 Å². The van der Waals surface area contributed by atoms with Gasteiger partial charge in [0.05, 0.1) is 9.65 Å². The van der Waals surface area contributed by atoms with Crippen LogP contribution < -0.4 is 0 Å². The molecule has 2 unspecified atom stereocenters. The summed E-state index contributed by atoms with van der Waals surface area (Å²) in [4.78, 5) is 22.6. The van der Waals surface area contributed by atoms with Gasteiger partial charge < -0.3 is 0 Å². The summed E-state index contributed by atoms with van der Waals surface area (Å²) in [7, 11) is 0. The van der Waals surface area contributed by atoms with Crippen LogP contribution in [0, 0.1) is 0 Å². The van der Waals surface area contributed by atoms with Gasteiger partial charge in [0.25, 0.3) is 0 Å². The normalized spacial score (nSPS) is 26.1. The number of ketones is 2. The first-order valence-electron chi connectivity index (χ1n) is 4.08. The average molecular weight is 318 g/mol. The molecule has 14 heavy (non-hydrogen) atoms. The fourth-order valence-corrected chi connectivity index (χ4v) is 2.45. The zero-order valence-corrected chi connectivity index (χ0v) is 10.2. The molecule has 0 amide bonds. The third kappa shape index (κ3) is 1.37. The van der Waals surface area contributed by atoms with Crippen LogP contribution in [0.5, 0.6) is 0 Å². The van der Waals surface area contributed by atoms with Gasteiger partial charge in [-0.1, -0.05) is 56.1 Å². The van der Waals surface area contributed by atoms with Gasteiger partial charge >= 0.3 is 0 Å². The summed E-state index contributed by atoms with van der Waals surface area (Å²) in [5, 5.41) is 0. The third-order valence-corrected chi connectivity index (χ3v) is 4.81. The number of alkyl halides is 2. The van der Waals surface area contributed by atoms with Crippen molar-refractivity contribution in [1.82, 2.24) is 0 Å². The van der Waals surface area contributed by atoms with Crippen LogP contribution in [0.25, 0.3) is 0 Å². The van der Waals surface area contributed by atoms with E-state index in [1.54, 1.807) is 24.3 Å². The van der Waals surface area contributed by atoms with Crippen LogP contribution in [0.3, 0.4) is 0 Å². The van der Waals surface area contributed by atoms with E-state index >= 15 is 0 Å². The molecule has 0 aliphatic heterocycles. The minimum absolute atomic E-state index is 0.0397. The minimum atomic E-state index is -0.454. The molecule has 0 radical (unpaired) electrons. The van der Waals surface area contributed by atoms with Crippen molar-refractivity contribution in [1.29, 1.82) is 0 Å². The van der Waals surface area contributed by atoms with Crippen LogP contribution in [-0.2, 0) is 0 Å². The van der Waals surface area contributed by atoms with Gasteiger partial charge in [0.15, 0.2) is 11.6 Å². The Kier molecular flexibility index (Phi) is 2.58. The van der Waals surface area contributed by atoms with Crippen molar-refractivity contribution in [2.45, 2.75) is 9.65 Å². The molecule has 0 aromatic heterocycles. The maximum atomic E-state index is 11.7. The molecule has 0 N–H and O–H groups in total. The maximum absolute atomic E-state index is 11.7. The van der Waals surface area contributed by atoms with E-state index in [9.17, 15) is 9.59 Å². The predicted molar refractivity (Wildman–Crippen MR) is 60.5 cm³/mol. The molecule has 2 nitrogen and oxygen atoms in total. The van der Waals surface area contributed by atoms with Gasteiger partial charge in [-0.15, -0.1) is 0 Å². The molecule has 1 aliphatic rings. The van der Waals surface area contributed by atoms with Crippen LogP contribution in [0.1, 0.15) is 20.7 Å². The second-order valence-electron chi connectivity index (χ2n) is 3.08. The molecule has 72 valence electrons. The van der Waals surface area contributed by atoms with Crippen molar-refractivity contribution >= 4 is 43.4 Å². The van der Waals surface area contributed by atoms with Gasteiger partial charge in [-0.25, -0.2) is 0 Å². The Hall–Kier alpha value is -0.480. The zero-order valence-electron chi connectivity index (χ0n) is 7.04. The van der Waals surface area contributed by atoms with Crippen molar-refractivity contribution in [3.05, 3.63) is 35.4 Å². The van der Waals surface area contributed by atoms with Gasteiger partial charge in [-0.2, -0.15) is 0 Å². The summed E-state index contributed by atoms with van der Waals surface area (Å²) < 4.78 is 0. The highest BCUT2D eigenvalue weighted by molar-refractivity contribution is 9.12. The Morgan fingerprint density at radius 1 is 0.857 bits per heavy atom. The number of hydrogen-bond donors (Lipinski definition) is 0. The molecule has 0 heterocycles. The zero-order chi connectivity index (χ0) is 10.3. The van der Waals surface area contributed by atoms with E-state index in [2.05, 4.69) is 31.9 Å². The molecule has 4 heteroatoms. The maximum Gasteiger partial charge on any atom is 0.178 e. The van der Waals surface area contributed by atoms with Crippen molar-refractivity contribution in [3.8, 4) is 0 Å². The van der Waals surface area contributed by atoms with E-state index in [-0.39, 0.29) is 11.6 Å². The molecule has 2 rings (SSSR count). The van der Waals surface area contributed by atoms with Gasteiger partial charge in [0.1, 0.15) is 0 Å². The summed E-state index contributed by atoms with van der Waals surface area (Å²) in [5.41, 5.74) is 1.02. The number of hydrogen-bond acceptors (Lipinski definition) is 2. The molecule has 1 aliphatic carbocycles. The quantitative estimate of drug-likeness (QED) is 0.689. The van der Waals surface area contributed by atoms with E-state index in [1.165, 1.54) is 0 Å². The van der Waals surface area contributed by atoms with Gasteiger partial charge in [0.2, 0.25) is 0 Å². The van der Waals surface area contributed by atoms with Gasteiger partial charge in [-0.05, 0) is 0 Å². The monoisotopic (exact) mass is 316 g/mol. The van der Waals surface area contributed by atoms with Crippen molar-refractivity contribution in [2.24, 2.45) is 0 Å². The largest absolute Gasteiger partial charge is 0.293 e. The highest BCUT2D eigenvalue weighted by Crippen LogP contribution is 2.30. The number of benzene rings is 1. The molecular formula is C10H6Br2O2. The first-order chi connectivity index (χ1) is 6.63. The SMILES string of the molecule is O=C1c2ccccc2C(=O)C(Br)C1Br. The number of carbonyl (C=O) groups excluding carboxylic acids is 2. The molecule has 1 aromatic carbocycles. The van der Waals surface area contributed by atoms with E-state index in [0.29, 0.717) is 11.1 Å². The van der Waals surface area contributed by atoms with Crippen LogP contribution in [-0.4, -0.2) is 21.2 Å². The summed E-state index contributed by atoms with van der Waals surface area (Å²) >= 11 is 6.42. The second-order valence-corrected chi connectivity index (χ2v) is 5.05. The fourth-order valence-electron chi connectivity index (χ4n) is 1.48. The molecule has 0 fully saturated rings. The van der Waals surface area contributed by atoms with E-state index in [4.69, 9.17) is 0 Å². The molecule has 1 aromatic rings. The standard InChI is InChI=1S/C10H6Br2O2/c11-7-8(12)10(14)6-4-2-1-3-5(6)9(7)13/h1-4,7-8H. The highest BCUT2D eigenvalue weighted by Gasteiger charge is 2.37. The van der Waals surface area contributed by atoms with Crippen LogP contribution in [0.15, 0.2) is 24.3 Å². The topological polar surface area (TPSA) is 34.1 Å². The lowest BCUT2D eigenvalue weighted by Gasteiger charge is -2.22. The fraction of sp³-hybridized carbons (Fsp3) is 0.200. The smallest absolute Gasteiger partial charge is 0.178 e. The minimum Gasteiger partial charge on any atom is -0.293 e. The Balaban J connectivity index is 2.62. The third-order valence-electron chi connectivity index (χ3n) is 2.22. The number of Topliss-reactive ketones (excluding diaryl/α,β-unsaturated/α-hetero) is 2. The molecule has 0 saturated heterocycles. The summed E-state index contributed by atoms with van der Waals surface area (Å²) in [6.07, 6.45) is 0. The van der Waals surface area contributed by atoms with Crippen LogP contribution >= 0.6 is 31.9 Å². The first-order valence-corrected chi connectivity index (χ1v) is 5.91. The van der Waals surface area contributed by atoms with Crippen molar-refractivity contribution < 1.29 is 9.59 Å². The lowest BCUT2D eigenvalue weighted by molar-refractivity contribution is 0.0907. The number of fused-ring (bicyclic) bond motifs is 1. The highest BCUT2D eigenvalue weighted by atomic mass is 79.9. The van der Waals surface area contributed by atoms with Gasteiger partial charge in [-0.3, -0.25) is 9.59 Å². The Morgan fingerprint density at radius 2 is 1.21 bits per heavy atom. The van der Waals surface area contributed by atoms with Crippen molar-refractivity contribution in [3.63, 3.8) is 0 Å². The number of rotatable bonds is 0. The lowest BCUT2D eigenvalue weighted by Crippen LogP contribution is -2.37. The molecule has 0 spiro atoms. The van der Waals surface area contributed by atoms with Crippen LogP contribution in [0.4, 0.5) is 0 Å².